The quantitative estimate of drug-likeness (QED) is 0.143. The van der Waals surface area contributed by atoms with Crippen LogP contribution in [0.2, 0.25) is 0 Å². The maximum atomic E-state index is 3.40. The summed E-state index contributed by atoms with van der Waals surface area (Å²) in [4.78, 5) is 0. The molecule has 0 aromatic rings. The molecule has 0 saturated heterocycles. The third-order valence-electron chi connectivity index (χ3n) is 6.53. The molecule has 0 aliphatic carbocycles. The smallest absolute Gasteiger partial charge is 0.00886 e. The molecule has 0 aromatic carbocycles. The van der Waals surface area contributed by atoms with Gasteiger partial charge in [-0.05, 0) is 24.7 Å². The molecule has 2 atom stereocenters. The molecule has 0 heteroatoms. The van der Waals surface area contributed by atoms with Gasteiger partial charge in [0.15, 0.2) is 0 Å². The van der Waals surface area contributed by atoms with E-state index in [1.807, 2.05) is 0 Å². The highest BCUT2D eigenvalue weighted by Crippen LogP contribution is 2.21. The molecule has 0 fully saturated rings. The minimum absolute atomic E-state index is 0.936. The Hall–Kier alpha value is -0.440. The molecule has 0 aliphatic heterocycles. The summed E-state index contributed by atoms with van der Waals surface area (Å²) in [6.45, 7) is 9.38. The average Bonchev–Trinajstić information content (AvgIpc) is 2.71. The van der Waals surface area contributed by atoms with E-state index in [9.17, 15) is 0 Å². The zero-order chi connectivity index (χ0) is 20.7. The van der Waals surface area contributed by atoms with Gasteiger partial charge >= 0.3 is 0 Å². The monoisotopic (exact) mass is 390 g/mol. The van der Waals surface area contributed by atoms with Crippen molar-refractivity contribution in [1.29, 1.82) is 0 Å². The van der Waals surface area contributed by atoms with E-state index in [1.54, 1.807) is 0 Å². The van der Waals surface area contributed by atoms with Crippen molar-refractivity contribution in [1.82, 2.24) is 0 Å². The third kappa shape index (κ3) is 20.3. The van der Waals surface area contributed by atoms with Crippen LogP contribution >= 0.6 is 0 Å². The molecule has 0 saturated carbocycles. The average molecular weight is 391 g/mol. The normalized spacial score (nSPS) is 13.1. The van der Waals surface area contributed by atoms with Crippen molar-refractivity contribution in [3.63, 3.8) is 0 Å². The van der Waals surface area contributed by atoms with Crippen molar-refractivity contribution in [2.45, 2.75) is 156 Å². The molecule has 0 bridgehead atoms. The zero-order valence-corrected chi connectivity index (χ0v) is 20.3. The van der Waals surface area contributed by atoms with Crippen LogP contribution in [0.3, 0.4) is 0 Å². The summed E-state index contributed by atoms with van der Waals surface area (Å²) in [6.07, 6.45) is 27.6. The molecular formula is C28H54. The molecule has 0 N–H and O–H groups in total. The van der Waals surface area contributed by atoms with E-state index in [0.29, 0.717) is 0 Å². The standard InChI is InChI=1S/C28H54/c1-5-8-9-10-11-12-13-14-15-16-19-22-25-28(7-3)26-23-20-17-18-21-24-27(4)6-2/h27-28H,5-12,15-26H2,1-4H3. The van der Waals surface area contributed by atoms with Crippen molar-refractivity contribution in [2.24, 2.45) is 11.8 Å². The Bertz CT molecular complexity index is 345. The molecule has 2 unspecified atom stereocenters. The van der Waals surface area contributed by atoms with E-state index >= 15 is 0 Å². The maximum Gasteiger partial charge on any atom is 0.00886 e. The van der Waals surface area contributed by atoms with Crippen LogP contribution in [0.4, 0.5) is 0 Å². The van der Waals surface area contributed by atoms with Crippen LogP contribution in [0.5, 0.6) is 0 Å². The summed E-state index contributed by atoms with van der Waals surface area (Å²) >= 11 is 0. The molecule has 166 valence electrons. The second-order valence-corrected chi connectivity index (χ2v) is 9.25. The van der Waals surface area contributed by atoms with Crippen molar-refractivity contribution in [2.75, 3.05) is 0 Å². The highest BCUT2D eigenvalue weighted by atomic mass is 14.1. The number of unbranched alkanes of at least 4 members (excludes halogenated alkanes) is 12. The van der Waals surface area contributed by atoms with Crippen LogP contribution in [0.25, 0.3) is 0 Å². The van der Waals surface area contributed by atoms with Gasteiger partial charge in [0.05, 0.1) is 0 Å². The van der Waals surface area contributed by atoms with Gasteiger partial charge in [0.2, 0.25) is 0 Å². The molecule has 0 aromatic heterocycles. The van der Waals surface area contributed by atoms with Crippen molar-refractivity contribution >= 4 is 0 Å². The largest absolute Gasteiger partial charge is 0.103 e. The van der Waals surface area contributed by atoms with Crippen LogP contribution in [-0.4, -0.2) is 0 Å². The zero-order valence-electron chi connectivity index (χ0n) is 20.3. The van der Waals surface area contributed by atoms with E-state index in [2.05, 4.69) is 39.5 Å². The SMILES string of the molecule is CCCCCCCC#CCCCCCC(CC)CCCCCCCC(C)CC. The van der Waals surface area contributed by atoms with Crippen molar-refractivity contribution < 1.29 is 0 Å². The van der Waals surface area contributed by atoms with Gasteiger partial charge in [-0.2, -0.15) is 0 Å². The van der Waals surface area contributed by atoms with Crippen LogP contribution in [0, 0.1) is 23.7 Å². The number of rotatable bonds is 20. The van der Waals surface area contributed by atoms with Crippen molar-refractivity contribution in [3.05, 3.63) is 0 Å². The predicted octanol–water partition coefficient (Wildman–Crippen LogP) is 10.1. The van der Waals surface area contributed by atoms with Gasteiger partial charge in [-0.3, -0.25) is 0 Å². The lowest BCUT2D eigenvalue weighted by Crippen LogP contribution is -1.99. The first-order chi connectivity index (χ1) is 13.7. The second kappa shape index (κ2) is 22.8. The van der Waals surface area contributed by atoms with Gasteiger partial charge in [-0.1, -0.05) is 130 Å². The number of hydrogen-bond acceptors (Lipinski definition) is 0. The topological polar surface area (TPSA) is 0 Å². The van der Waals surface area contributed by atoms with E-state index in [4.69, 9.17) is 0 Å². The minimum Gasteiger partial charge on any atom is -0.103 e. The lowest BCUT2D eigenvalue weighted by atomic mass is 9.92. The highest BCUT2D eigenvalue weighted by molar-refractivity contribution is 4.98. The van der Waals surface area contributed by atoms with Gasteiger partial charge in [0, 0.05) is 12.8 Å². The third-order valence-corrected chi connectivity index (χ3v) is 6.53. The fraction of sp³-hybridized carbons (Fsp3) is 0.929. The van der Waals surface area contributed by atoms with Crippen LogP contribution < -0.4 is 0 Å². The molecule has 0 spiro atoms. The summed E-state index contributed by atoms with van der Waals surface area (Å²) in [5.41, 5.74) is 0. The predicted molar refractivity (Wildman–Crippen MR) is 130 cm³/mol. The Balaban J connectivity index is 3.42. The second-order valence-electron chi connectivity index (χ2n) is 9.25. The molecule has 0 radical (unpaired) electrons. The van der Waals surface area contributed by atoms with Gasteiger partial charge in [0.1, 0.15) is 0 Å². The van der Waals surface area contributed by atoms with E-state index in [-0.39, 0.29) is 0 Å². The van der Waals surface area contributed by atoms with Gasteiger partial charge in [0.25, 0.3) is 0 Å². The summed E-state index contributed by atoms with van der Waals surface area (Å²) in [5, 5.41) is 0. The van der Waals surface area contributed by atoms with E-state index < -0.39 is 0 Å². The Morgan fingerprint density at radius 3 is 1.50 bits per heavy atom. The summed E-state index contributed by atoms with van der Waals surface area (Å²) in [7, 11) is 0. The van der Waals surface area contributed by atoms with E-state index in [0.717, 1.165) is 24.7 Å². The van der Waals surface area contributed by atoms with Crippen LogP contribution in [-0.2, 0) is 0 Å². The minimum atomic E-state index is 0.936. The Morgan fingerprint density at radius 1 is 0.500 bits per heavy atom. The molecule has 0 amide bonds. The molecule has 0 aliphatic rings. The van der Waals surface area contributed by atoms with Gasteiger partial charge in [-0.15, -0.1) is 11.8 Å². The first-order valence-electron chi connectivity index (χ1n) is 13.2. The summed E-state index contributed by atoms with van der Waals surface area (Å²) in [5.74, 6) is 8.70. The first kappa shape index (κ1) is 27.6. The maximum absolute atomic E-state index is 3.40. The van der Waals surface area contributed by atoms with Crippen LogP contribution in [0.15, 0.2) is 0 Å². The fourth-order valence-electron chi connectivity index (χ4n) is 4.03. The lowest BCUT2D eigenvalue weighted by molar-refractivity contribution is 0.393. The van der Waals surface area contributed by atoms with E-state index in [1.165, 1.54) is 116 Å². The number of hydrogen-bond donors (Lipinski definition) is 0. The van der Waals surface area contributed by atoms with Crippen LogP contribution in [0.1, 0.15) is 156 Å². The molecular weight excluding hydrogens is 336 g/mol. The molecule has 0 heterocycles. The highest BCUT2D eigenvalue weighted by Gasteiger charge is 2.06. The van der Waals surface area contributed by atoms with Gasteiger partial charge < -0.3 is 0 Å². The fourth-order valence-corrected chi connectivity index (χ4v) is 4.03. The Labute approximate surface area is 180 Å². The lowest BCUT2D eigenvalue weighted by Gasteiger charge is -2.14. The Morgan fingerprint density at radius 2 is 0.964 bits per heavy atom. The first-order valence-corrected chi connectivity index (χ1v) is 13.2. The molecule has 0 nitrogen and oxygen atoms in total. The summed E-state index contributed by atoms with van der Waals surface area (Å²) < 4.78 is 0. The molecule has 0 rings (SSSR count). The summed E-state index contributed by atoms with van der Waals surface area (Å²) in [6, 6.07) is 0. The Kier molecular flexibility index (Phi) is 22.5. The van der Waals surface area contributed by atoms with Gasteiger partial charge in [-0.25, -0.2) is 0 Å². The van der Waals surface area contributed by atoms with Crippen molar-refractivity contribution in [3.8, 4) is 11.8 Å². The molecule has 28 heavy (non-hydrogen) atoms.